The van der Waals surface area contributed by atoms with E-state index in [2.05, 4.69) is 29.1 Å². The molecule has 0 aliphatic heterocycles. The number of carbonyl (C=O) groups excluding carboxylic acids is 1. The third-order valence-electron chi connectivity index (χ3n) is 3.78. The SMILES string of the molecule is CCN(Cc1ccccc1)C(=O)c1cnc(NCCC(C)C)cn1. The van der Waals surface area contributed by atoms with E-state index in [9.17, 15) is 4.79 Å². The Labute approximate surface area is 144 Å². The topological polar surface area (TPSA) is 58.1 Å². The van der Waals surface area contributed by atoms with Gasteiger partial charge in [-0.1, -0.05) is 44.2 Å². The lowest BCUT2D eigenvalue weighted by molar-refractivity contribution is 0.0746. The number of anilines is 1. The van der Waals surface area contributed by atoms with Crippen LogP contribution in [0.4, 0.5) is 5.82 Å². The summed E-state index contributed by atoms with van der Waals surface area (Å²) in [7, 11) is 0. The van der Waals surface area contributed by atoms with Crippen LogP contribution in [0.15, 0.2) is 42.7 Å². The van der Waals surface area contributed by atoms with Crippen molar-refractivity contribution in [3.63, 3.8) is 0 Å². The van der Waals surface area contributed by atoms with Gasteiger partial charge in [0.25, 0.3) is 5.91 Å². The molecular weight excluding hydrogens is 300 g/mol. The molecule has 0 saturated heterocycles. The van der Waals surface area contributed by atoms with Crippen molar-refractivity contribution in [1.82, 2.24) is 14.9 Å². The van der Waals surface area contributed by atoms with Crippen LogP contribution in [0.5, 0.6) is 0 Å². The smallest absolute Gasteiger partial charge is 0.274 e. The summed E-state index contributed by atoms with van der Waals surface area (Å²) in [6, 6.07) is 9.96. The molecule has 1 aromatic carbocycles. The Bertz CT molecular complexity index is 626. The van der Waals surface area contributed by atoms with Crippen LogP contribution in [-0.4, -0.2) is 33.9 Å². The van der Waals surface area contributed by atoms with Gasteiger partial charge < -0.3 is 10.2 Å². The molecule has 0 bridgehead atoms. The highest BCUT2D eigenvalue weighted by molar-refractivity contribution is 5.92. The second-order valence-electron chi connectivity index (χ2n) is 6.20. The van der Waals surface area contributed by atoms with Crippen LogP contribution < -0.4 is 5.32 Å². The van der Waals surface area contributed by atoms with Gasteiger partial charge in [-0.15, -0.1) is 0 Å². The molecule has 1 N–H and O–H groups in total. The van der Waals surface area contributed by atoms with Crippen LogP contribution in [0.25, 0.3) is 0 Å². The first-order chi connectivity index (χ1) is 11.6. The first-order valence-electron chi connectivity index (χ1n) is 8.49. The second-order valence-corrected chi connectivity index (χ2v) is 6.20. The fourth-order valence-corrected chi connectivity index (χ4v) is 2.31. The zero-order chi connectivity index (χ0) is 17.4. The first-order valence-corrected chi connectivity index (χ1v) is 8.49. The lowest BCUT2D eigenvalue weighted by atomic mass is 10.1. The third-order valence-corrected chi connectivity index (χ3v) is 3.78. The Morgan fingerprint density at radius 2 is 1.92 bits per heavy atom. The number of carbonyl (C=O) groups is 1. The van der Waals surface area contributed by atoms with Crippen molar-refractivity contribution in [2.24, 2.45) is 5.92 Å². The molecule has 0 atom stereocenters. The Hall–Kier alpha value is -2.43. The molecule has 1 amide bonds. The van der Waals surface area contributed by atoms with Crippen LogP contribution in [0.2, 0.25) is 0 Å². The standard InChI is InChI=1S/C19H26N4O/c1-4-23(14-16-8-6-5-7-9-16)19(24)17-12-22-18(13-21-17)20-11-10-15(2)3/h5-9,12-13,15H,4,10-11,14H2,1-3H3,(H,20,22). The number of hydrogen-bond donors (Lipinski definition) is 1. The highest BCUT2D eigenvalue weighted by atomic mass is 16.2. The number of rotatable bonds is 8. The molecule has 24 heavy (non-hydrogen) atoms. The monoisotopic (exact) mass is 326 g/mol. The molecule has 0 radical (unpaired) electrons. The lowest BCUT2D eigenvalue weighted by Crippen LogP contribution is -2.31. The average Bonchev–Trinajstić information content (AvgIpc) is 2.60. The maximum atomic E-state index is 12.6. The predicted octanol–water partition coefficient (Wildman–Crippen LogP) is 3.60. The van der Waals surface area contributed by atoms with Crippen LogP contribution in [0.1, 0.15) is 43.2 Å². The molecule has 0 aliphatic rings. The summed E-state index contributed by atoms with van der Waals surface area (Å²) in [6.45, 7) is 8.39. The van der Waals surface area contributed by atoms with Crippen molar-refractivity contribution in [2.45, 2.75) is 33.7 Å². The minimum absolute atomic E-state index is 0.0948. The largest absolute Gasteiger partial charge is 0.369 e. The molecule has 1 aromatic heterocycles. The summed E-state index contributed by atoms with van der Waals surface area (Å²) >= 11 is 0. The van der Waals surface area contributed by atoms with Crippen molar-refractivity contribution in [1.29, 1.82) is 0 Å². The zero-order valence-electron chi connectivity index (χ0n) is 14.7. The van der Waals surface area contributed by atoms with Crippen molar-refractivity contribution in [3.05, 3.63) is 54.0 Å². The van der Waals surface area contributed by atoms with Crippen molar-refractivity contribution < 1.29 is 4.79 Å². The van der Waals surface area contributed by atoms with Crippen LogP contribution >= 0.6 is 0 Å². The number of amides is 1. The second kappa shape index (κ2) is 9.01. The lowest BCUT2D eigenvalue weighted by Gasteiger charge is -2.20. The number of aromatic nitrogens is 2. The highest BCUT2D eigenvalue weighted by Gasteiger charge is 2.16. The Morgan fingerprint density at radius 1 is 1.17 bits per heavy atom. The van der Waals surface area contributed by atoms with E-state index in [1.807, 2.05) is 37.3 Å². The van der Waals surface area contributed by atoms with Gasteiger partial charge in [0.1, 0.15) is 11.5 Å². The number of nitrogens with one attached hydrogen (secondary N) is 1. The van der Waals surface area contributed by atoms with Gasteiger partial charge in [0.15, 0.2) is 0 Å². The van der Waals surface area contributed by atoms with Gasteiger partial charge in [0.05, 0.1) is 12.4 Å². The maximum Gasteiger partial charge on any atom is 0.274 e. The van der Waals surface area contributed by atoms with Gasteiger partial charge in [-0.3, -0.25) is 4.79 Å². The Morgan fingerprint density at radius 3 is 2.50 bits per heavy atom. The summed E-state index contributed by atoms with van der Waals surface area (Å²) in [5.74, 6) is 1.25. The van der Waals surface area contributed by atoms with E-state index in [1.54, 1.807) is 17.3 Å². The van der Waals surface area contributed by atoms with Crippen LogP contribution in [0, 0.1) is 5.92 Å². The molecule has 0 fully saturated rings. The molecule has 1 heterocycles. The average molecular weight is 326 g/mol. The van der Waals surface area contributed by atoms with E-state index in [1.165, 1.54) is 0 Å². The van der Waals surface area contributed by atoms with Crippen molar-refractivity contribution in [2.75, 3.05) is 18.4 Å². The Kier molecular flexibility index (Phi) is 6.73. The molecule has 128 valence electrons. The van der Waals surface area contributed by atoms with Gasteiger partial charge in [-0.2, -0.15) is 0 Å². The van der Waals surface area contributed by atoms with E-state index in [0.29, 0.717) is 30.5 Å². The molecule has 0 unspecified atom stereocenters. The van der Waals surface area contributed by atoms with E-state index in [0.717, 1.165) is 18.5 Å². The first kappa shape index (κ1) is 17.9. The summed E-state index contributed by atoms with van der Waals surface area (Å²) < 4.78 is 0. The van der Waals surface area contributed by atoms with Gasteiger partial charge in [0, 0.05) is 19.6 Å². The number of benzene rings is 1. The predicted molar refractivity (Wildman–Crippen MR) is 96.8 cm³/mol. The van der Waals surface area contributed by atoms with E-state index in [4.69, 9.17) is 0 Å². The summed E-state index contributed by atoms with van der Waals surface area (Å²) in [5, 5.41) is 3.23. The van der Waals surface area contributed by atoms with Crippen LogP contribution in [-0.2, 0) is 6.54 Å². The fraction of sp³-hybridized carbons (Fsp3) is 0.421. The Balaban J connectivity index is 1.97. The molecule has 5 nitrogen and oxygen atoms in total. The molecule has 2 aromatic rings. The maximum absolute atomic E-state index is 12.6. The van der Waals surface area contributed by atoms with Gasteiger partial charge in [0.2, 0.25) is 0 Å². The number of hydrogen-bond acceptors (Lipinski definition) is 4. The molecule has 5 heteroatoms. The fourth-order valence-electron chi connectivity index (χ4n) is 2.31. The molecule has 0 spiro atoms. The molecule has 0 saturated carbocycles. The quantitative estimate of drug-likeness (QED) is 0.805. The van der Waals surface area contributed by atoms with E-state index in [-0.39, 0.29) is 5.91 Å². The molecule has 2 rings (SSSR count). The molecule has 0 aliphatic carbocycles. The normalized spacial score (nSPS) is 10.7. The van der Waals surface area contributed by atoms with E-state index < -0.39 is 0 Å². The number of nitrogens with zero attached hydrogens (tertiary/aromatic N) is 3. The van der Waals surface area contributed by atoms with Crippen molar-refractivity contribution in [3.8, 4) is 0 Å². The minimum atomic E-state index is -0.0948. The van der Waals surface area contributed by atoms with Crippen molar-refractivity contribution >= 4 is 11.7 Å². The van der Waals surface area contributed by atoms with Crippen LogP contribution in [0.3, 0.4) is 0 Å². The zero-order valence-corrected chi connectivity index (χ0v) is 14.7. The van der Waals surface area contributed by atoms with Gasteiger partial charge in [-0.05, 0) is 24.8 Å². The minimum Gasteiger partial charge on any atom is -0.369 e. The highest BCUT2D eigenvalue weighted by Crippen LogP contribution is 2.09. The summed E-state index contributed by atoms with van der Waals surface area (Å²) in [4.78, 5) is 22.9. The van der Waals surface area contributed by atoms with Gasteiger partial charge in [-0.25, -0.2) is 9.97 Å². The summed E-state index contributed by atoms with van der Waals surface area (Å²) in [6.07, 6.45) is 4.25. The van der Waals surface area contributed by atoms with E-state index >= 15 is 0 Å². The third kappa shape index (κ3) is 5.33. The molecular formula is C19H26N4O. The van der Waals surface area contributed by atoms with Gasteiger partial charge >= 0.3 is 0 Å². The summed E-state index contributed by atoms with van der Waals surface area (Å²) in [5.41, 5.74) is 1.48.